The van der Waals surface area contributed by atoms with Gasteiger partial charge in [-0.2, -0.15) is 0 Å². The van der Waals surface area contributed by atoms with Crippen LogP contribution in [0.4, 0.5) is 10.5 Å². The first-order valence-corrected chi connectivity index (χ1v) is 7.79. The molecule has 1 N–H and O–H groups in total. The van der Waals surface area contributed by atoms with Crippen molar-refractivity contribution in [2.24, 2.45) is 0 Å². The molecule has 0 unspecified atom stereocenters. The average molecular weight is 339 g/mol. The van der Waals surface area contributed by atoms with Gasteiger partial charge in [-0.25, -0.2) is 4.79 Å². The number of aromatic hydroxyl groups is 1. The molecule has 1 aliphatic rings. The highest BCUT2D eigenvalue weighted by Crippen LogP contribution is 2.19. The smallest absolute Gasteiger partial charge is 0.409 e. The van der Waals surface area contributed by atoms with E-state index in [1.807, 2.05) is 12.1 Å². The number of unbranched alkanes of at least 4 members (excludes halogenated alkanes) is 1. The standard InChI is InChI=1S/C15H21N3O6/c19-14-5-3-13(4-6-14)16-7-9-17(10-8-16)15(20)23-11-1-2-12-24-18(21)22/h3-6,19H,1-2,7-12H2. The van der Waals surface area contributed by atoms with Crippen molar-refractivity contribution in [2.45, 2.75) is 12.8 Å². The van der Waals surface area contributed by atoms with Crippen LogP contribution in [0.3, 0.4) is 0 Å². The molecule has 0 saturated carbocycles. The average Bonchev–Trinajstić information content (AvgIpc) is 2.58. The highest BCUT2D eigenvalue weighted by molar-refractivity contribution is 5.68. The number of amides is 1. The number of ether oxygens (including phenoxy) is 1. The fourth-order valence-corrected chi connectivity index (χ4v) is 2.40. The van der Waals surface area contributed by atoms with E-state index < -0.39 is 5.09 Å². The molecule has 0 spiro atoms. The Kier molecular flexibility index (Phi) is 6.47. The largest absolute Gasteiger partial charge is 0.508 e. The molecule has 2 rings (SSSR count). The van der Waals surface area contributed by atoms with Gasteiger partial charge in [-0.3, -0.25) is 0 Å². The Morgan fingerprint density at radius 3 is 2.38 bits per heavy atom. The highest BCUT2D eigenvalue weighted by atomic mass is 16.9. The zero-order chi connectivity index (χ0) is 17.4. The Bertz CT molecular complexity index is 543. The van der Waals surface area contributed by atoms with Crippen LogP contribution in [-0.2, 0) is 9.57 Å². The molecule has 0 aromatic heterocycles. The summed E-state index contributed by atoms with van der Waals surface area (Å²) in [6, 6.07) is 6.96. The molecule has 132 valence electrons. The zero-order valence-electron chi connectivity index (χ0n) is 13.3. The lowest BCUT2D eigenvalue weighted by atomic mass is 10.2. The van der Waals surface area contributed by atoms with Crippen molar-refractivity contribution in [3.8, 4) is 5.75 Å². The zero-order valence-corrected chi connectivity index (χ0v) is 13.3. The minimum Gasteiger partial charge on any atom is -0.508 e. The van der Waals surface area contributed by atoms with Gasteiger partial charge in [-0.15, -0.1) is 10.1 Å². The van der Waals surface area contributed by atoms with Gasteiger partial charge in [0.05, 0.1) is 13.2 Å². The van der Waals surface area contributed by atoms with Crippen molar-refractivity contribution in [3.05, 3.63) is 34.4 Å². The predicted octanol–water partition coefficient (Wildman–Crippen LogP) is 1.64. The molecule has 0 aliphatic carbocycles. The minimum absolute atomic E-state index is 0.00978. The lowest BCUT2D eigenvalue weighted by Gasteiger charge is -2.35. The van der Waals surface area contributed by atoms with Crippen LogP contribution in [0.1, 0.15) is 12.8 Å². The lowest BCUT2D eigenvalue weighted by molar-refractivity contribution is -0.757. The fraction of sp³-hybridized carbons (Fsp3) is 0.533. The van der Waals surface area contributed by atoms with Crippen LogP contribution in [0.25, 0.3) is 0 Å². The molecule has 1 heterocycles. The van der Waals surface area contributed by atoms with Crippen LogP contribution in [0, 0.1) is 10.1 Å². The second-order valence-corrected chi connectivity index (χ2v) is 5.37. The van der Waals surface area contributed by atoms with Crippen LogP contribution in [0.5, 0.6) is 5.75 Å². The number of nitrogens with zero attached hydrogens (tertiary/aromatic N) is 3. The van der Waals surface area contributed by atoms with E-state index in [1.54, 1.807) is 17.0 Å². The van der Waals surface area contributed by atoms with Crippen molar-refractivity contribution in [2.75, 3.05) is 44.3 Å². The second kappa shape index (κ2) is 8.80. The number of phenolic OH excluding ortho intramolecular Hbond substituents is 1. The Balaban J connectivity index is 1.63. The molecule has 1 saturated heterocycles. The van der Waals surface area contributed by atoms with E-state index in [0.717, 1.165) is 5.69 Å². The van der Waals surface area contributed by atoms with E-state index in [4.69, 9.17) is 4.74 Å². The number of rotatable bonds is 7. The molecule has 1 aromatic rings. The van der Waals surface area contributed by atoms with E-state index in [-0.39, 0.29) is 25.1 Å². The summed E-state index contributed by atoms with van der Waals surface area (Å²) in [5.41, 5.74) is 1.01. The van der Waals surface area contributed by atoms with Crippen LogP contribution in [0.2, 0.25) is 0 Å². The van der Waals surface area contributed by atoms with Crippen molar-refractivity contribution in [1.29, 1.82) is 0 Å². The van der Waals surface area contributed by atoms with E-state index >= 15 is 0 Å². The van der Waals surface area contributed by atoms with Crippen LogP contribution >= 0.6 is 0 Å². The fourth-order valence-electron chi connectivity index (χ4n) is 2.40. The summed E-state index contributed by atoms with van der Waals surface area (Å²) in [6.45, 7) is 2.73. The molecule has 0 radical (unpaired) electrons. The summed E-state index contributed by atoms with van der Waals surface area (Å²) < 4.78 is 5.16. The SMILES string of the molecule is O=C(OCCCCO[N+](=O)[O-])N1CCN(c2ccc(O)cc2)CC1. The van der Waals surface area contributed by atoms with Gasteiger partial charge in [-0.05, 0) is 37.1 Å². The van der Waals surface area contributed by atoms with Crippen molar-refractivity contribution in [1.82, 2.24) is 4.90 Å². The molecule has 1 aromatic carbocycles. The maximum absolute atomic E-state index is 11.9. The van der Waals surface area contributed by atoms with Crippen molar-refractivity contribution < 1.29 is 24.6 Å². The highest BCUT2D eigenvalue weighted by Gasteiger charge is 2.22. The first kappa shape index (κ1) is 17.6. The number of phenols is 1. The summed E-state index contributed by atoms with van der Waals surface area (Å²) in [5.74, 6) is 0.226. The molecular weight excluding hydrogens is 318 g/mol. The van der Waals surface area contributed by atoms with E-state index in [1.165, 1.54) is 0 Å². The quantitative estimate of drug-likeness (QED) is 0.457. The molecule has 9 nitrogen and oxygen atoms in total. The lowest BCUT2D eigenvalue weighted by Crippen LogP contribution is -2.49. The van der Waals surface area contributed by atoms with Gasteiger partial charge in [0.15, 0.2) is 0 Å². The summed E-state index contributed by atoms with van der Waals surface area (Å²) in [5, 5.41) is 18.4. The predicted molar refractivity (Wildman–Crippen MR) is 85.4 cm³/mol. The summed E-state index contributed by atoms with van der Waals surface area (Å²) in [6.07, 6.45) is 0.617. The summed E-state index contributed by atoms with van der Waals surface area (Å²) in [4.78, 5) is 29.9. The van der Waals surface area contributed by atoms with Gasteiger partial charge in [0, 0.05) is 31.9 Å². The first-order chi connectivity index (χ1) is 11.6. The van der Waals surface area contributed by atoms with Crippen molar-refractivity contribution >= 4 is 11.8 Å². The topological polar surface area (TPSA) is 105 Å². The van der Waals surface area contributed by atoms with E-state index in [2.05, 4.69) is 9.74 Å². The Labute approximate surface area is 139 Å². The number of carbonyl (C=O) groups is 1. The van der Waals surface area contributed by atoms with Gasteiger partial charge >= 0.3 is 6.09 Å². The normalized spacial score (nSPS) is 14.3. The minimum atomic E-state index is -0.834. The maximum Gasteiger partial charge on any atom is 0.409 e. The van der Waals surface area contributed by atoms with E-state index in [9.17, 15) is 20.0 Å². The number of carbonyl (C=O) groups excluding carboxylic acids is 1. The number of hydrogen-bond donors (Lipinski definition) is 1. The Morgan fingerprint density at radius 1 is 1.12 bits per heavy atom. The monoisotopic (exact) mass is 339 g/mol. The molecule has 0 bridgehead atoms. The molecule has 0 atom stereocenters. The summed E-state index contributed by atoms with van der Waals surface area (Å²) in [7, 11) is 0. The second-order valence-electron chi connectivity index (χ2n) is 5.37. The molecule has 24 heavy (non-hydrogen) atoms. The van der Waals surface area contributed by atoms with Gasteiger partial charge in [0.1, 0.15) is 5.75 Å². The number of benzene rings is 1. The number of anilines is 1. The van der Waals surface area contributed by atoms with Crippen LogP contribution in [-0.4, -0.2) is 60.6 Å². The van der Waals surface area contributed by atoms with Gasteiger partial charge in [-0.1, -0.05) is 0 Å². The van der Waals surface area contributed by atoms with Crippen LogP contribution in [0.15, 0.2) is 24.3 Å². The van der Waals surface area contributed by atoms with Crippen molar-refractivity contribution in [3.63, 3.8) is 0 Å². The molecule has 1 aliphatic heterocycles. The third-order valence-electron chi connectivity index (χ3n) is 3.71. The van der Waals surface area contributed by atoms with Gasteiger partial charge in [0.25, 0.3) is 5.09 Å². The number of hydrogen-bond acceptors (Lipinski definition) is 7. The summed E-state index contributed by atoms with van der Waals surface area (Å²) >= 11 is 0. The molecule has 1 amide bonds. The Hall–Kier alpha value is -2.71. The van der Waals surface area contributed by atoms with Gasteiger partial charge < -0.3 is 24.5 Å². The Morgan fingerprint density at radius 2 is 1.75 bits per heavy atom. The number of piperazine rings is 1. The third-order valence-corrected chi connectivity index (χ3v) is 3.71. The van der Waals surface area contributed by atoms with Gasteiger partial charge in [0.2, 0.25) is 0 Å². The molecule has 1 fully saturated rings. The molecular formula is C15H21N3O6. The first-order valence-electron chi connectivity index (χ1n) is 7.79. The molecule has 9 heteroatoms. The van der Waals surface area contributed by atoms with E-state index in [0.29, 0.717) is 39.0 Å². The maximum atomic E-state index is 11.9. The van der Waals surface area contributed by atoms with Crippen LogP contribution < -0.4 is 4.90 Å². The third kappa shape index (κ3) is 5.49.